The summed E-state index contributed by atoms with van der Waals surface area (Å²) in [5, 5.41) is 16.0. The fourth-order valence-corrected chi connectivity index (χ4v) is 2.59. The van der Waals surface area contributed by atoms with Crippen LogP contribution in [0.4, 0.5) is 0 Å². The Morgan fingerprint density at radius 2 is 2.24 bits per heavy atom. The van der Waals surface area contributed by atoms with Gasteiger partial charge in [-0.15, -0.1) is 0 Å². The highest BCUT2D eigenvalue weighted by atomic mass is 15.1. The maximum atomic E-state index is 9.30. The van der Waals surface area contributed by atoms with E-state index < -0.39 is 0 Å². The Labute approximate surface area is 103 Å². The van der Waals surface area contributed by atoms with Crippen molar-refractivity contribution in [3.05, 3.63) is 10.4 Å². The van der Waals surface area contributed by atoms with Gasteiger partial charge in [-0.1, -0.05) is 24.9 Å². The first-order valence-corrected chi connectivity index (χ1v) is 6.43. The predicted molar refractivity (Wildman–Crippen MR) is 67.2 cm³/mol. The summed E-state index contributed by atoms with van der Waals surface area (Å²) in [5.74, 6) is 0.792. The van der Waals surface area contributed by atoms with Crippen molar-refractivity contribution in [1.82, 2.24) is 5.32 Å². The van der Waals surface area contributed by atoms with Gasteiger partial charge in [0, 0.05) is 18.0 Å². The van der Waals surface area contributed by atoms with E-state index in [4.69, 9.17) is 5.53 Å². The van der Waals surface area contributed by atoms with Crippen LogP contribution in [0.1, 0.15) is 45.4 Å². The molecule has 17 heavy (non-hydrogen) atoms. The first kappa shape index (κ1) is 13.8. The van der Waals surface area contributed by atoms with Gasteiger partial charge in [0.05, 0.1) is 6.07 Å². The van der Waals surface area contributed by atoms with Crippen molar-refractivity contribution < 1.29 is 0 Å². The topological polar surface area (TPSA) is 84.6 Å². The summed E-state index contributed by atoms with van der Waals surface area (Å²) in [7, 11) is 0. The molecule has 0 heterocycles. The van der Waals surface area contributed by atoms with Crippen LogP contribution in [0.15, 0.2) is 5.11 Å². The minimum Gasteiger partial charge on any atom is -0.299 e. The van der Waals surface area contributed by atoms with Crippen LogP contribution in [0.3, 0.4) is 0 Å². The van der Waals surface area contributed by atoms with E-state index in [1.54, 1.807) is 0 Å². The molecule has 0 spiro atoms. The molecule has 0 aromatic rings. The molecule has 1 saturated carbocycles. The van der Waals surface area contributed by atoms with Crippen LogP contribution in [-0.4, -0.2) is 18.6 Å². The Bertz CT molecular complexity index is 305. The molecule has 5 nitrogen and oxygen atoms in total. The van der Waals surface area contributed by atoms with Gasteiger partial charge < -0.3 is 0 Å². The highest BCUT2D eigenvalue weighted by Crippen LogP contribution is 2.33. The number of nitriles is 1. The molecule has 1 N–H and O–H groups in total. The quantitative estimate of drug-likeness (QED) is 0.332. The van der Waals surface area contributed by atoms with Gasteiger partial charge in [0.15, 0.2) is 0 Å². The van der Waals surface area contributed by atoms with Crippen molar-refractivity contribution in [1.29, 1.82) is 5.26 Å². The fourth-order valence-electron chi connectivity index (χ4n) is 2.59. The molecule has 1 rings (SSSR count). The number of azide groups is 1. The SMILES string of the molecule is CCCC1CCC(C#N)(NCCN=[N+]=[N-])CC1. The average molecular weight is 235 g/mol. The molecule has 0 bridgehead atoms. The molecule has 0 aliphatic heterocycles. The van der Waals surface area contributed by atoms with Crippen molar-refractivity contribution in [3.63, 3.8) is 0 Å². The lowest BCUT2D eigenvalue weighted by Crippen LogP contribution is -2.47. The molecular weight excluding hydrogens is 214 g/mol. The molecule has 1 aliphatic carbocycles. The van der Waals surface area contributed by atoms with Crippen LogP contribution in [-0.2, 0) is 0 Å². The standard InChI is InChI=1S/C12H21N5/c1-2-3-11-4-6-12(10-13,7-5-11)15-8-9-16-17-14/h11,15H,2-9H2,1H3. The summed E-state index contributed by atoms with van der Waals surface area (Å²) in [6.45, 7) is 3.22. The highest BCUT2D eigenvalue weighted by molar-refractivity contribution is 5.09. The van der Waals surface area contributed by atoms with Crippen molar-refractivity contribution in [3.8, 4) is 6.07 Å². The minimum atomic E-state index is -0.380. The average Bonchev–Trinajstić information content (AvgIpc) is 2.37. The van der Waals surface area contributed by atoms with E-state index in [0.717, 1.165) is 31.6 Å². The van der Waals surface area contributed by atoms with Gasteiger partial charge >= 0.3 is 0 Å². The Morgan fingerprint density at radius 3 is 2.76 bits per heavy atom. The Kier molecular flexibility index (Phi) is 5.82. The Morgan fingerprint density at radius 1 is 1.53 bits per heavy atom. The maximum Gasteiger partial charge on any atom is 0.106 e. The normalized spacial score (nSPS) is 28.1. The summed E-state index contributed by atoms with van der Waals surface area (Å²) in [4.78, 5) is 2.71. The van der Waals surface area contributed by atoms with Crippen molar-refractivity contribution in [2.75, 3.05) is 13.1 Å². The van der Waals surface area contributed by atoms with E-state index >= 15 is 0 Å². The summed E-state index contributed by atoms with van der Waals surface area (Å²) < 4.78 is 0. The van der Waals surface area contributed by atoms with E-state index in [1.807, 2.05) is 0 Å². The monoisotopic (exact) mass is 235 g/mol. The van der Waals surface area contributed by atoms with Crippen molar-refractivity contribution >= 4 is 0 Å². The second-order valence-corrected chi connectivity index (χ2v) is 4.81. The van der Waals surface area contributed by atoms with Gasteiger partial charge in [0.25, 0.3) is 0 Å². The molecule has 1 aliphatic rings. The molecule has 5 heteroatoms. The molecule has 0 amide bonds. The Hall–Kier alpha value is -1.24. The molecule has 0 unspecified atom stereocenters. The van der Waals surface area contributed by atoms with Gasteiger partial charge in [0.2, 0.25) is 0 Å². The lowest BCUT2D eigenvalue weighted by molar-refractivity contribution is 0.231. The molecule has 94 valence electrons. The zero-order chi connectivity index (χ0) is 12.6. The molecule has 0 atom stereocenters. The minimum absolute atomic E-state index is 0.380. The third-order valence-corrected chi connectivity index (χ3v) is 3.61. The third-order valence-electron chi connectivity index (χ3n) is 3.61. The molecule has 0 aromatic carbocycles. The summed E-state index contributed by atoms with van der Waals surface area (Å²) in [6.07, 6.45) is 6.62. The van der Waals surface area contributed by atoms with Crippen LogP contribution >= 0.6 is 0 Å². The first-order chi connectivity index (χ1) is 8.26. The first-order valence-electron chi connectivity index (χ1n) is 6.43. The Balaban J connectivity index is 2.38. The summed E-state index contributed by atoms with van der Waals surface area (Å²) in [6, 6.07) is 2.41. The molecule has 0 aromatic heterocycles. The summed E-state index contributed by atoms with van der Waals surface area (Å²) >= 11 is 0. The van der Waals surface area contributed by atoms with Gasteiger partial charge in [-0.25, -0.2) is 0 Å². The second-order valence-electron chi connectivity index (χ2n) is 4.81. The maximum absolute atomic E-state index is 9.30. The van der Waals surface area contributed by atoms with Gasteiger partial charge in [-0.05, 0) is 37.1 Å². The van der Waals surface area contributed by atoms with E-state index in [2.05, 4.69) is 28.3 Å². The molecule has 1 fully saturated rings. The fraction of sp³-hybridized carbons (Fsp3) is 0.917. The largest absolute Gasteiger partial charge is 0.299 e. The van der Waals surface area contributed by atoms with Crippen LogP contribution in [0.5, 0.6) is 0 Å². The van der Waals surface area contributed by atoms with Crippen LogP contribution in [0.2, 0.25) is 0 Å². The molecule has 0 saturated heterocycles. The highest BCUT2D eigenvalue weighted by Gasteiger charge is 2.34. The zero-order valence-electron chi connectivity index (χ0n) is 10.5. The van der Waals surface area contributed by atoms with E-state index in [1.165, 1.54) is 12.8 Å². The van der Waals surface area contributed by atoms with Crippen molar-refractivity contribution in [2.24, 2.45) is 11.0 Å². The van der Waals surface area contributed by atoms with Gasteiger partial charge in [-0.3, -0.25) is 5.32 Å². The lowest BCUT2D eigenvalue weighted by atomic mass is 9.76. The lowest BCUT2D eigenvalue weighted by Gasteiger charge is -2.35. The van der Waals surface area contributed by atoms with Crippen LogP contribution < -0.4 is 5.32 Å². The number of rotatable bonds is 6. The number of hydrogen-bond acceptors (Lipinski definition) is 3. The van der Waals surface area contributed by atoms with Crippen molar-refractivity contribution in [2.45, 2.75) is 51.0 Å². The smallest absolute Gasteiger partial charge is 0.106 e. The second kappa shape index (κ2) is 7.16. The third kappa shape index (κ3) is 4.26. The number of nitrogens with one attached hydrogen (secondary N) is 1. The van der Waals surface area contributed by atoms with Crippen LogP contribution in [0.25, 0.3) is 10.4 Å². The van der Waals surface area contributed by atoms with Crippen LogP contribution in [0, 0.1) is 17.2 Å². The van der Waals surface area contributed by atoms with Gasteiger partial charge in [-0.2, -0.15) is 5.26 Å². The van der Waals surface area contributed by atoms with E-state index in [-0.39, 0.29) is 5.54 Å². The number of hydrogen-bond donors (Lipinski definition) is 1. The predicted octanol–water partition coefficient (Wildman–Crippen LogP) is 3.14. The molecular formula is C12H21N5. The van der Waals surface area contributed by atoms with E-state index in [9.17, 15) is 5.26 Å². The number of nitrogens with zero attached hydrogens (tertiary/aromatic N) is 4. The zero-order valence-corrected chi connectivity index (χ0v) is 10.5. The molecule has 0 radical (unpaired) electrons. The summed E-state index contributed by atoms with van der Waals surface area (Å²) in [5.41, 5.74) is 7.80. The van der Waals surface area contributed by atoms with E-state index in [0.29, 0.717) is 13.1 Å². The van der Waals surface area contributed by atoms with Gasteiger partial charge in [0.1, 0.15) is 5.54 Å².